The standard InChI is InChI=1S/C12H19N3O3/c1-8(11-14-13-9(2)18-11)15-6-4-10(5-7-15)12(16)17-3/h8,10H,4-7H2,1-3H3. The second-order valence-corrected chi connectivity index (χ2v) is 4.67. The monoisotopic (exact) mass is 253 g/mol. The minimum Gasteiger partial charge on any atom is -0.469 e. The number of carbonyl (C=O) groups is 1. The summed E-state index contributed by atoms with van der Waals surface area (Å²) in [4.78, 5) is 13.7. The van der Waals surface area contributed by atoms with Crippen LogP contribution in [-0.2, 0) is 9.53 Å². The number of methoxy groups -OCH3 is 1. The maximum atomic E-state index is 11.4. The zero-order valence-corrected chi connectivity index (χ0v) is 11.0. The van der Waals surface area contributed by atoms with E-state index in [1.54, 1.807) is 6.92 Å². The summed E-state index contributed by atoms with van der Waals surface area (Å²) in [7, 11) is 1.44. The Morgan fingerprint density at radius 2 is 2.11 bits per heavy atom. The van der Waals surface area contributed by atoms with Crippen LogP contribution in [0.3, 0.4) is 0 Å². The molecule has 0 amide bonds. The third kappa shape index (κ3) is 2.69. The third-order valence-corrected chi connectivity index (χ3v) is 3.51. The van der Waals surface area contributed by atoms with E-state index in [1.165, 1.54) is 7.11 Å². The highest BCUT2D eigenvalue weighted by atomic mass is 16.5. The van der Waals surface area contributed by atoms with E-state index in [4.69, 9.17) is 9.15 Å². The highest BCUT2D eigenvalue weighted by Crippen LogP contribution is 2.26. The molecule has 1 saturated heterocycles. The molecule has 0 N–H and O–H groups in total. The molecular weight excluding hydrogens is 234 g/mol. The van der Waals surface area contributed by atoms with Crippen LogP contribution in [0.1, 0.15) is 37.6 Å². The summed E-state index contributed by atoms with van der Waals surface area (Å²) in [6.07, 6.45) is 1.65. The number of carbonyl (C=O) groups excluding carboxylic acids is 1. The molecule has 2 heterocycles. The lowest BCUT2D eigenvalue weighted by atomic mass is 9.96. The van der Waals surface area contributed by atoms with Crippen molar-refractivity contribution in [1.82, 2.24) is 15.1 Å². The zero-order valence-electron chi connectivity index (χ0n) is 11.0. The Kier molecular flexibility index (Phi) is 3.96. The van der Waals surface area contributed by atoms with Crippen LogP contribution in [-0.4, -0.2) is 41.3 Å². The zero-order chi connectivity index (χ0) is 13.1. The normalized spacial score (nSPS) is 19.7. The van der Waals surface area contributed by atoms with E-state index in [9.17, 15) is 4.79 Å². The molecule has 2 rings (SSSR count). The van der Waals surface area contributed by atoms with Crippen molar-refractivity contribution in [3.63, 3.8) is 0 Å². The number of likely N-dealkylation sites (tertiary alicyclic amines) is 1. The SMILES string of the molecule is COC(=O)C1CCN(C(C)c2nnc(C)o2)CC1. The van der Waals surface area contributed by atoms with Gasteiger partial charge in [0.1, 0.15) is 0 Å². The smallest absolute Gasteiger partial charge is 0.308 e. The van der Waals surface area contributed by atoms with Gasteiger partial charge in [-0.25, -0.2) is 0 Å². The molecule has 6 heteroatoms. The third-order valence-electron chi connectivity index (χ3n) is 3.51. The highest BCUT2D eigenvalue weighted by molar-refractivity contribution is 5.72. The van der Waals surface area contributed by atoms with Crippen LogP contribution in [0.25, 0.3) is 0 Å². The molecule has 6 nitrogen and oxygen atoms in total. The molecule has 1 aliphatic rings. The first kappa shape index (κ1) is 13.0. The summed E-state index contributed by atoms with van der Waals surface area (Å²) in [6.45, 7) is 5.53. The number of nitrogens with zero attached hydrogens (tertiary/aromatic N) is 3. The van der Waals surface area contributed by atoms with Crippen molar-refractivity contribution in [2.45, 2.75) is 32.7 Å². The number of ether oxygens (including phenoxy) is 1. The number of aryl methyl sites for hydroxylation is 1. The first-order valence-corrected chi connectivity index (χ1v) is 6.23. The summed E-state index contributed by atoms with van der Waals surface area (Å²) in [5.41, 5.74) is 0. The van der Waals surface area contributed by atoms with E-state index in [1.807, 2.05) is 6.92 Å². The Hall–Kier alpha value is -1.43. The lowest BCUT2D eigenvalue weighted by Gasteiger charge is -2.33. The van der Waals surface area contributed by atoms with Crippen molar-refractivity contribution in [2.75, 3.05) is 20.2 Å². The number of aromatic nitrogens is 2. The Labute approximate surface area is 106 Å². The average molecular weight is 253 g/mol. The van der Waals surface area contributed by atoms with Crippen molar-refractivity contribution in [1.29, 1.82) is 0 Å². The van der Waals surface area contributed by atoms with Gasteiger partial charge in [-0.05, 0) is 32.9 Å². The van der Waals surface area contributed by atoms with Crippen molar-refractivity contribution >= 4 is 5.97 Å². The number of esters is 1. The predicted octanol–water partition coefficient (Wildman–Crippen LogP) is 1.32. The van der Waals surface area contributed by atoms with E-state index >= 15 is 0 Å². The van der Waals surface area contributed by atoms with E-state index in [0.717, 1.165) is 25.9 Å². The van der Waals surface area contributed by atoms with Crippen LogP contribution in [0.15, 0.2) is 4.42 Å². The van der Waals surface area contributed by atoms with E-state index in [2.05, 4.69) is 15.1 Å². The molecule has 1 aromatic heterocycles. The summed E-state index contributed by atoms with van der Waals surface area (Å²) in [5.74, 6) is 1.16. The number of hydrogen-bond donors (Lipinski definition) is 0. The van der Waals surface area contributed by atoms with Gasteiger partial charge in [0.25, 0.3) is 0 Å². The van der Waals surface area contributed by atoms with Gasteiger partial charge in [0.2, 0.25) is 11.8 Å². The van der Waals surface area contributed by atoms with Gasteiger partial charge in [-0.15, -0.1) is 10.2 Å². The van der Waals surface area contributed by atoms with Gasteiger partial charge < -0.3 is 9.15 Å². The van der Waals surface area contributed by atoms with Crippen molar-refractivity contribution in [3.05, 3.63) is 11.8 Å². The van der Waals surface area contributed by atoms with Crippen LogP contribution in [0.4, 0.5) is 0 Å². The van der Waals surface area contributed by atoms with Crippen molar-refractivity contribution in [2.24, 2.45) is 5.92 Å². The van der Waals surface area contributed by atoms with E-state index < -0.39 is 0 Å². The fourth-order valence-corrected chi connectivity index (χ4v) is 2.33. The minimum absolute atomic E-state index is 0.0304. The second-order valence-electron chi connectivity index (χ2n) is 4.67. The molecule has 0 aromatic carbocycles. The topological polar surface area (TPSA) is 68.5 Å². The summed E-state index contributed by atoms with van der Waals surface area (Å²) in [5, 5.41) is 7.88. The Morgan fingerprint density at radius 3 is 2.61 bits per heavy atom. The molecule has 0 aliphatic carbocycles. The van der Waals surface area contributed by atoms with Crippen LogP contribution in [0.2, 0.25) is 0 Å². The van der Waals surface area contributed by atoms with Gasteiger partial charge in [-0.3, -0.25) is 9.69 Å². The molecule has 0 saturated carbocycles. The average Bonchev–Trinajstić information content (AvgIpc) is 2.84. The quantitative estimate of drug-likeness (QED) is 0.757. The molecule has 1 fully saturated rings. The van der Waals surface area contributed by atoms with Gasteiger partial charge in [0, 0.05) is 6.92 Å². The van der Waals surface area contributed by atoms with Gasteiger partial charge in [-0.1, -0.05) is 0 Å². The lowest BCUT2D eigenvalue weighted by molar-refractivity contribution is -0.147. The van der Waals surface area contributed by atoms with Gasteiger partial charge >= 0.3 is 5.97 Å². The molecular formula is C12H19N3O3. The molecule has 100 valence electrons. The lowest BCUT2D eigenvalue weighted by Crippen LogP contribution is -2.38. The summed E-state index contributed by atoms with van der Waals surface area (Å²) in [6, 6.07) is 0.102. The molecule has 0 radical (unpaired) electrons. The van der Waals surface area contributed by atoms with Crippen molar-refractivity contribution in [3.8, 4) is 0 Å². The fourth-order valence-electron chi connectivity index (χ4n) is 2.33. The highest BCUT2D eigenvalue weighted by Gasteiger charge is 2.29. The number of piperidine rings is 1. The summed E-state index contributed by atoms with van der Waals surface area (Å²) >= 11 is 0. The predicted molar refractivity (Wildman–Crippen MR) is 63.8 cm³/mol. The first-order valence-electron chi connectivity index (χ1n) is 6.23. The molecule has 18 heavy (non-hydrogen) atoms. The molecule has 0 spiro atoms. The van der Waals surface area contributed by atoms with E-state index in [0.29, 0.717) is 11.8 Å². The van der Waals surface area contributed by atoms with Crippen LogP contribution < -0.4 is 0 Å². The minimum atomic E-state index is -0.101. The van der Waals surface area contributed by atoms with Gasteiger partial charge in [-0.2, -0.15) is 0 Å². The molecule has 1 atom stereocenters. The van der Waals surface area contributed by atoms with Gasteiger partial charge in [0.05, 0.1) is 19.1 Å². The molecule has 1 aromatic rings. The fraction of sp³-hybridized carbons (Fsp3) is 0.750. The maximum Gasteiger partial charge on any atom is 0.308 e. The van der Waals surface area contributed by atoms with Crippen molar-refractivity contribution < 1.29 is 13.9 Å². The first-order chi connectivity index (χ1) is 8.61. The Morgan fingerprint density at radius 1 is 1.44 bits per heavy atom. The summed E-state index contributed by atoms with van der Waals surface area (Å²) < 4.78 is 10.2. The second kappa shape index (κ2) is 5.48. The van der Waals surface area contributed by atoms with Crippen LogP contribution in [0, 0.1) is 12.8 Å². The van der Waals surface area contributed by atoms with Crippen LogP contribution >= 0.6 is 0 Å². The maximum absolute atomic E-state index is 11.4. The van der Waals surface area contributed by atoms with E-state index in [-0.39, 0.29) is 17.9 Å². The largest absolute Gasteiger partial charge is 0.469 e. The van der Waals surface area contributed by atoms with Crippen LogP contribution in [0.5, 0.6) is 0 Å². The number of hydrogen-bond acceptors (Lipinski definition) is 6. The molecule has 1 unspecified atom stereocenters. The Balaban J connectivity index is 1.91. The Bertz CT molecular complexity index is 410. The molecule has 0 bridgehead atoms. The molecule has 1 aliphatic heterocycles. The van der Waals surface area contributed by atoms with Gasteiger partial charge in [0.15, 0.2) is 0 Å². The number of rotatable bonds is 3.